The normalized spacial score (nSPS) is 24.7. The van der Waals surface area contributed by atoms with Crippen LogP contribution < -0.4 is 10.2 Å². The lowest BCUT2D eigenvalue weighted by Gasteiger charge is -2.16. The van der Waals surface area contributed by atoms with Crippen LogP contribution in [0.25, 0.3) is 0 Å². The average molecular weight is 356 g/mol. The molecule has 1 aliphatic carbocycles. The zero-order valence-electron chi connectivity index (χ0n) is 15.1. The Kier molecular flexibility index (Phi) is 4.40. The van der Waals surface area contributed by atoms with Crippen molar-refractivity contribution in [3.63, 3.8) is 0 Å². The summed E-state index contributed by atoms with van der Waals surface area (Å²) in [5.41, 5.74) is 3.08. The third kappa shape index (κ3) is 3.19. The van der Waals surface area contributed by atoms with Crippen molar-refractivity contribution in [2.45, 2.75) is 38.2 Å². The van der Waals surface area contributed by atoms with Crippen molar-refractivity contribution in [1.82, 2.24) is 15.5 Å². The van der Waals surface area contributed by atoms with Gasteiger partial charge in [-0.25, -0.2) is 0 Å². The van der Waals surface area contributed by atoms with E-state index in [-0.39, 0.29) is 17.7 Å². The SMILES string of the molecule is Cc1noc([C@H]2C[C@H](CNC(=O)c3ccc4c(c3)N(C)CC4)[C@H](O)C2)n1. The number of aliphatic hydroxyl groups is 1. The molecule has 0 saturated heterocycles. The van der Waals surface area contributed by atoms with Crippen LogP contribution in [0.15, 0.2) is 22.7 Å². The minimum absolute atomic E-state index is 0.00624. The number of amides is 1. The predicted molar refractivity (Wildman–Crippen MR) is 96.3 cm³/mol. The van der Waals surface area contributed by atoms with Crippen LogP contribution in [-0.4, -0.2) is 47.4 Å². The quantitative estimate of drug-likeness (QED) is 0.866. The number of aromatic nitrogens is 2. The van der Waals surface area contributed by atoms with Gasteiger partial charge in [0, 0.05) is 43.2 Å². The van der Waals surface area contributed by atoms with Crippen molar-refractivity contribution in [3.8, 4) is 0 Å². The molecule has 0 radical (unpaired) electrons. The van der Waals surface area contributed by atoms with E-state index in [1.54, 1.807) is 6.92 Å². The Morgan fingerprint density at radius 1 is 1.42 bits per heavy atom. The molecule has 2 N–H and O–H groups in total. The van der Waals surface area contributed by atoms with Crippen LogP contribution in [0.5, 0.6) is 0 Å². The summed E-state index contributed by atoms with van der Waals surface area (Å²) in [6.07, 6.45) is 1.87. The summed E-state index contributed by atoms with van der Waals surface area (Å²) in [4.78, 5) is 19.0. The lowest BCUT2D eigenvalue weighted by molar-refractivity contribution is 0.0916. The summed E-state index contributed by atoms with van der Waals surface area (Å²) in [5, 5.41) is 17.1. The highest BCUT2D eigenvalue weighted by Crippen LogP contribution is 2.37. The monoisotopic (exact) mass is 356 g/mol. The third-order valence-corrected chi connectivity index (χ3v) is 5.55. The van der Waals surface area contributed by atoms with E-state index in [4.69, 9.17) is 4.52 Å². The van der Waals surface area contributed by atoms with Crippen molar-refractivity contribution >= 4 is 11.6 Å². The molecule has 7 nitrogen and oxygen atoms in total. The van der Waals surface area contributed by atoms with E-state index in [9.17, 15) is 9.90 Å². The first kappa shape index (κ1) is 17.0. The first-order chi connectivity index (χ1) is 12.5. The van der Waals surface area contributed by atoms with E-state index in [0.29, 0.717) is 30.2 Å². The number of nitrogens with one attached hydrogen (secondary N) is 1. The molecule has 2 aliphatic rings. The van der Waals surface area contributed by atoms with E-state index >= 15 is 0 Å². The topological polar surface area (TPSA) is 91.5 Å². The zero-order chi connectivity index (χ0) is 18.3. The highest BCUT2D eigenvalue weighted by molar-refractivity contribution is 5.95. The second-order valence-corrected chi connectivity index (χ2v) is 7.40. The van der Waals surface area contributed by atoms with Crippen molar-refractivity contribution in [1.29, 1.82) is 0 Å². The number of hydrogen-bond donors (Lipinski definition) is 2. The summed E-state index contributed by atoms with van der Waals surface area (Å²) >= 11 is 0. The molecule has 0 bridgehead atoms. The molecular weight excluding hydrogens is 332 g/mol. The summed E-state index contributed by atoms with van der Waals surface area (Å²) in [5.74, 6) is 1.14. The van der Waals surface area contributed by atoms with Crippen LogP contribution in [0.4, 0.5) is 5.69 Å². The summed E-state index contributed by atoms with van der Waals surface area (Å²) in [6, 6.07) is 5.86. The van der Waals surface area contributed by atoms with Gasteiger partial charge in [-0.05, 0) is 43.9 Å². The van der Waals surface area contributed by atoms with Gasteiger partial charge in [0.15, 0.2) is 5.82 Å². The molecule has 1 saturated carbocycles. The zero-order valence-corrected chi connectivity index (χ0v) is 15.1. The molecule has 1 aromatic heterocycles. The fourth-order valence-corrected chi connectivity index (χ4v) is 4.01. The van der Waals surface area contributed by atoms with Crippen molar-refractivity contribution in [3.05, 3.63) is 41.0 Å². The van der Waals surface area contributed by atoms with Crippen molar-refractivity contribution in [2.75, 3.05) is 25.0 Å². The number of likely N-dealkylation sites (N-methyl/N-ethyl adjacent to an activating group) is 1. The lowest BCUT2D eigenvalue weighted by Crippen LogP contribution is -2.32. The van der Waals surface area contributed by atoms with Crippen LogP contribution in [0.1, 0.15) is 46.4 Å². The van der Waals surface area contributed by atoms with E-state index in [1.807, 2.05) is 25.2 Å². The second kappa shape index (κ2) is 6.72. The standard InChI is InChI=1S/C19H24N4O3/c1-11-21-19(26-22-11)14-7-15(17(24)9-14)10-20-18(25)13-4-3-12-5-6-23(2)16(12)8-13/h3-4,8,14-15,17,24H,5-7,9-10H2,1-2H3,(H,20,25)/t14-,15+,17+/m0/s1. The van der Waals surface area contributed by atoms with Gasteiger partial charge < -0.3 is 19.8 Å². The summed E-state index contributed by atoms with van der Waals surface area (Å²) in [7, 11) is 2.04. The smallest absolute Gasteiger partial charge is 0.251 e. The molecular formula is C19H24N4O3. The maximum atomic E-state index is 12.5. The fourth-order valence-electron chi connectivity index (χ4n) is 4.01. The van der Waals surface area contributed by atoms with Gasteiger partial charge in [-0.2, -0.15) is 4.98 Å². The van der Waals surface area contributed by atoms with Crippen molar-refractivity contribution in [2.24, 2.45) is 5.92 Å². The molecule has 2 aromatic rings. The van der Waals surface area contributed by atoms with Gasteiger partial charge in [-0.3, -0.25) is 4.79 Å². The molecule has 1 aliphatic heterocycles. The van der Waals surface area contributed by atoms with E-state index in [1.165, 1.54) is 5.56 Å². The molecule has 7 heteroatoms. The van der Waals surface area contributed by atoms with E-state index in [2.05, 4.69) is 20.4 Å². The van der Waals surface area contributed by atoms with Crippen LogP contribution in [0.2, 0.25) is 0 Å². The van der Waals surface area contributed by atoms with Gasteiger partial charge in [0.2, 0.25) is 5.89 Å². The predicted octanol–water partition coefficient (Wildman–Crippen LogP) is 1.65. The maximum absolute atomic E-state index is 12.5. The van der Waals surface area contributed by atoms with Gasteiger partial charge in [0.25, 0.3) is 5.91 Å². The molecule has 0 spiro atoms. The number of carbonyl (C=O) groups is 1. The van der Waals surface area contributed by atoms with Gasteiger partial charge in [0.1, 0.15) is 0 Å². The Labute approximate surface area is 152 Å². The minimum Gasteiger partial charge on any atom is -0.393 e. The van der Waals surface area contributed by atoms with Crippen LogP contribution in [-0.2, 0) is 6.42 Å². The van der Waals surface area contributed by atoms with Crippen LogP contribution >= 0.6 is 0 Å². The van der Waals surface area contributed by atoms with Gasteiger partial charge in [-0.1, -0.05) is 11.2 Å². The molecule has 26 heavy (non-hydrogen) atoms. The highest BCUT2D eigenvalue weighted by atomic mass is 16.5. The maximum Gasteiger partial charge on any atom is 0.251 e. The molecule has 3 atom stereocenters. The third-order valence-electron chi connectivity index (χ3n) is 5.55. The Morgan fingerprint density at radius 3 is 3.04 bits per heavy atom. The van der Waals surface area contributed by atoms with E-state index in [0.717, 1.165) is 25.1 Å². The first-order valence-corrected chi connectivity index (χ1v) is 9.12. The Balaban J connectivity index is 1.37. The van der Waals surface area contributed by atoms with Crippen molar-refractivity contribution < 1.29 is 14.4 Å². The van der Waals surface area contributed by atoms with Crippen LogP contribution in [0.3, 0.4) is 0 Å². The van der Waals surface area contributed by atoms with Crippen LogP contribution in [0, 0.1) is 12.8 Å². The number of fused-ring (bicyclic) bond motifs is 1. The molecule has 1 aromatic carbocycles. The molecule has 4 rings (SSSR count). The number of rotatable bonds is 4. The summed E-state index contributed by atoms with van der Waals surface area (Å²) < 4.78 is 5.23. The number of benzene rings is 1. The number of aliphatic hydroxyl groups excluding tert-OH is 1. The second-order valence-electron chi connectivity index (χ2n) is 7.40. The number of aryl methyl sites for hydroxylation is 1. The average Bonchev–Trinajstić information content (AvgIpc) is 3.32. The number of anilines is 1. The molecule has 138 valence electrons. The molecule has 2 heterocycles. The first-order valence-electron chi connectivity index (χ1n) is 9.12. The Hall–Kier alpha value is -2.41. The molecule has 0 unspecified atom stereocenters. The fraction of sp³-hybridized carbons (Fsp3) is 0.526. The van der Waals surface area contributed by atoms with Gasteiger partial charge in [0.05, 0.1) is 6.10 Å². The Morgan fingerprint density at radius 2 is 2.27 bits per heavy atom. The van der Waals surface area contributed by atoms with Gasteiger partial charge >= 0.3 is 0 Å². The highest BCUT2D eigenvalue weighted by Gasteiger charge is 2.36. The lowest BCUT2D eigenvalue weighted by atomic mass is 10.0. The molecule has 1 amide bonds. The Bertz CT molecular complexity index is 819. The van der Waals surface area contributed by atoms with Gasteiger partial charge in [-0.15, -0.1) is 0 Å². The number of carbonyl (C=O) groups excluding carboxylic acids is 1. The largest absolute Gasteiger partial charge is 0.393 e. The molecule has 1 fully saturated rings. The summed E-state index contributed by atoms with van der Waals surface area (Å²) in [6.45, 7) is 3.21. The number of nitrogens with zero attached hydrogens (tertiary/aromatic N) is 3. The van der Waals surface area contributed by atoms with E-state index < -0.39 is 6.10 Å². The number of hydrogen-bond acceptors (Lipinski definition) is 6. The minimum atomic E-state index is -0.473.